The number of hydrogen-bond acceptors (Lipinski definition) is 4. The number of ether oxygens (including phenoxy) is 1. The number of para-hydroxylation sites is 1. The molecule has 7 nitrogen and oxygen atoms in total. The average molecular weight is 495 g/mol. The Morgan fingerprint density at radius 2 is 2.00 bits per heavy atom. The Labute approximate surface area is 201 Å². The van der Waals surface area contributed by atoms with E-state index in [9.17, 15) is 13.2 Å². The Bertz CT molecular complexity index is 1090. The third kappa shape index (κ3) is 5.87. The van der Waals surface area contributed by atoms with Gasteiger partial charge in [-0.15, -0.1) is 0 Å². The van der Waals surface area contributed by atoms with Crippen LogP contribution in [-0.4, -0.2) is 59.5 Å². The first-order valence-electron chi connectivity index (χ1n) is 11.2. The van der Waals surface area contributed by atoms with Crippen molar-refractivity contribution >= 4 is 27.5 Å². The van der Waals surface area contributed by atoms with Crippen LogP contribution in [0, 0.1) is 5.92 Å². The van der Waals surface area contributed by atoms with Crippen molar-refractivity contribution in [2.24, 2.45) is 5.92 Å². The third-order valence-corrected chi connectivity index (χ3v) is 8.46. The Morgan fingerprint density at radius 1 is 1.27 bits per heavy atom. The van der Waals surface area contributed by atoms with Crippen molar-refractivity contribution in [1.82, 2.24) is 9.62 Å². The number of benzene rings is 2. The second-order valence-corrected chi connectivity index (χ2v) is 11.2. The predicted molar refractivity (Wildman–Crippen MR) is 129 cm³/mol. The number of piperidine rings is 1. The molecule has 2 N–H and O–H groups in total. The fourth-order valence-corrected chi connectivity index (χ4v) is 6.32. The van der Waals surface area contributed by atoms with Crippen molar-refractivity contribution in [3.8, 4) is 5.75 Å². The highest BCUT2D eigenvalue weighted by Crippen LogP contribution is 2.29. The molecule has 9 heteroatoms. The SMILES string of the molecule is COc1ccccc1C(CNC(=O)c1ccc(Cl)c(S(=O)(=O)N2CCCC(C)C2)c1)[NH+](C)C. The number of methoxy groups -OCH3 is 1. The van der Waals surface area contributed by atoms with E-state index in [1.54, 1.807) is 13.2 Å². The lowest BCUT2D eigenvalue weighted by Crippen LogP contribution is -3.07. The lowest BCUT2D eigenvalue weighted by molar-refractivity contribution is -0.890. The van der Waals surface area contributed by atoms with Gasteiger partial charge in [-0.3, -0.25) is 4.79 Å². The molecule has 0 spiro atoms. The Morgan fingerprint density at radius 3 is 2.67 bits per heavy atom. The van der Waals surface area contributed by atoms with Gasteiger partial charge in [0.15, 0.2) is 0 Å². The second-order valence-electron chi connectivity index (χ2n) is 8.84. The topological polar surface area (TPSA) is 80.1 Å². The maximum absolute atomic E-state index is 13.2. The van der Waals surface area contributed by atoms with E-state index in [2.05, 4.69) is 5.32 Å². The van der Waals surface area contributed by atoms with Crippen LogP contribution < -0.4 is 15.0 Å². The lowest BCUT2D eigenvalue weighted by Gasteiger charge is -2.30. The summed E-state index contributed by atoms with van der Waals surface area (Å²) in [5.41, 5.74) is 1.24. The molecule has 1 heterocycles. The molecule has 33 heavy (non-hydrogen) atoms. The molecule has 1 saturated heterocycles. The van der Waals surface area contributed by atoms with Gasteiger partial charge in [0, 0.05) is 18.7 Å². The zero-order valence-corrected chi connectivity index (χ0v) is 21.2. The minimum atomic E-state index is -3.78. The van der Waals surface area contributed by atoms with Crippen molar-refractivity contribution in [3.63, 3.8) is 0 Å². The molecular weight excluding hydrogens is 462 g/mol. The molecule has 2 unspecified atom stereocenters. The van der Waals surface area contributed by atoms with Gasteiger partial charge in [-0.25, -0.2) is 8.42 Å². The molecule has 0 aromatic heterocycles. The number of rotatable bonds is 8. The van der Waals surface area contributed by atoms with Gasteiger partial charge in [-0.05, 0) is 49.1 Å². The summed E-state index contributed by atoms with van der Waals surface area (Å²) in [4.78, 5) is 14.1. The van der Waals surface area contributed by atoms with Gasteiger partial charge in [-0.2, -0.15) is 4.31 Å². The van der Waals surface area contributed by atoms with Gasteiger partial charge < -0.3 is 15.0 Å². The number of carbonyl (C=O) groups is 1. The van der Waals surface area contributed by atoms with Crippen LogP contribution in [0.1, 0.15) is 41.7 Å². The number of nitrogens with zero attached hydrogens (tertiary/aromatic N) is 1. The van der Waals surface area contributed by atoms with E-state index in [1.165, 1.54) is 16.4 Å². The normalized spacial score (nSPS) is 18.2. The van der Waals surface area contributed by atoms with Crippen LogP contribution in [0.3, 0.4) is 0 Å². The first-order chi connectivity index (χ1) is 15.6. The maximum Gasteiger partial charge on any atom is 0.251 e. The zero-order valence-electron chi connectivity index (χ0n) is 19.6. The van der Waals surface area contributed by atoms with Crippen LogP contribution in [0.15, 0.2) is 47.4 Å². The van der Waals surface area contributed by atoms with E-state index in [1.807, 2.05) is 45.3 Å². The summed E-state index contributed by atoms with van der Waals surface area (Å²) in [6.07, 6.45) is 1.82. The molecule has 0 aliphatic carbocycles. The highest BCUT2D eigenvalue weighted by molar-refractivity contribution is 7.89. The molecule has 2 aromatic carbocycles. The van der Waals surface area contributed by atoms with Gasteiger partial charge in [0.1, 0.15) is 16.7 Å². The van der Waals surface area contributed by atoms with Gasteiger partial charge in [-0.1, -0.05) is 30.7 Å². The molecule has 1 fully saturated rings. The lowest BCUT2D eigenvalue weighted by atomic mass is 10.0. The molecule has 3 rings (SSSR count). The minimum Gasteiger partial charge on any atom is -0.496 e. The minimum absolute atomic E-state index is 0.0228. The number of halogens is 1. The summed E-state index contributed by atoms with van der Waals surface area (Å²) < 4.78 is 33.4. The van der Waals surface area contributed by atoms with Crippen LogP contribution in [0.2, 0.25) is 5.02 Å². The molecule has 0 bridgehead atoms. The van der Waals surface area contributed by atoms with Crippen molar-refractivity contribution in [2.75, 3.05) is 40.8 Å². The number of amides is 1. The van der Waals surface area contributed by atoms with Gasteiger partial charge >= 0.3 is 0 Å². The number of quaternary nitrogens is 1. The third-order valence-electron chi connectivity index (χ3n) is 6.11. The van der Waals surface area contributed by atoms with Crippen molar-refractivity contribution < 1.29 is 22.8 Å². The summed E-state index contributed by atoms with van der Waals surface area (Å²) in [5.74, 6) is 0.698. The van der Waals surface area contributed by atoms with Crippen molar-refractivity contribution in [2.45, 2.75) is 30.7 Å². The standard InChI is InChI=1S/C24H32ClN3O4S/c1-17-8-7-13-28(16-17)33(30,31)23-14-18(11-12-20(23)25)24(29)26-15-21(27(2)3)19-9-5-6-10-22(19)32-4/h5-6,9-12,14,17,21H,7-8,13,15-16H2,1-4H3,(H,26,29)/p+1. The smallest absolute Gasteiger partial charge is 0.251 e. The van der Waals surface area contributed by atoms with E-state index in [4.69, 9.17) is 16.3 Å². The van der Waals surface area contributed by atoms with E-state index in [0.29, 0.717) is 25.6 Å². The fourth-order valence-electron chi connectivity index (χ4n) is 4.22. The number of hydrogen-bond donors (Lipinski definition) is 2. The largest absolute Gasteiger partial charge is 0.496 e. The van der Waals surface area contributed by atoms with Crippen LogP contribution in [0.25, 0.3) is 0 Å². The molecule has 1 aliphatic heterocycles. The number of carbonyl (C=O) groups excluding carboxylic acids is 1. The predicted octanol–water partition coefficient (Wildman–Crippen LogP) is 2.38. The Balaban J connectivity index is 1.80. The summed E-state index contributed by atoms with van der Waals surface area (Å²) in [7, 11) is 1.87. The molecule has 2 aromatic rings. The molecule has 2 atom stereocenters. The van der Waals surface area contributed by atoms with E-state index >= 15 is 0 Å². The average Bonchev–Trinajstić information content (AvgIpc) is 2.79. The number of likely N-dealkylation sites (N-methyl/N-ethyl adjacent to an activating group) is 1. The van der Waals surface area contributed by atoms with Gasteiger partial charge in [0.05, 0.1) is 38.3 Å². The van der Waals surface area contributed by atoms with E-state index < -0.39 is 10.0 Å². The first-order valence-corrected chi connectivity index (χ1v) is 13.0. The molecule has 1 aliphatic rings. The van der Waals surface area contributed by atoms with Crippen molar-refractivity contribution in [1.29, 1.82) is 0 Å². The number of nitrogens with one attached hydrogen (secondary N) is 2. The second kappa shape index (κ2) is 10.9. The highest BCUT2D eigenvalue weighted by Gasteiger charge is 2.31. The Kier molecular flexibility index (Phi) is 8.39. The van der Waals surface area contributed by atoms with Gasteiger partial charge in [0.2, 0.25) is 10.0 Å². The van der Waals surface area contributed by atoms with Crippen molar-refractivity contribution in [3.05, 3.63) is 58.6 Å². The van der Waals surface area contributed by atoms with Gasteiger partial charge in [0.25, 0.3) is 5.91 Å². The quantitative estimate of drug-likeness (QED) is 0.590. The summed E-state index contributed by atoms with van der Waals surface area (Å²) in [5, 5.41) is 3.07. The molecular formula is C24H33ClN3O4S+. The molecule has 180 valence electrons. The Hall–Kier alpha value is -2.13. The zero-order chi connectivity index (χ0) is 24.2. The molecule has 0 radical (unpaired) electrons. The van der Waals surface area contributed by atoms with Crippen LogP contribution >= 0.6 is 11.6 Å². The summed E-state index contributed by atoms with van der Waals surface area (Å²) >= 11 is 6.27. The number of sulfonamides is 1. The van der Waals surface area contributed by atoms with Crippen LogP contribution in [0.4, 0.5) is 0 Å². The first kappa shape index (κ1) is 25.5. The summed E-state index contributed by atoms with van der Waals surface area (Å²) in [6, 6.07) is 12.1. The summed E-state index contributed by atoms with van der Waals surface area (Å²) in [6.45, 7) is 3.32. The van der Waals surface area contributed by atoms with Crippen LogP contribution in [0.5, 0.6) is 5.75 Å². The van der Waals surface area contributed by atoms with E-state index in [-0.39, 0.29) is 27.4 Å². The maximum atomic E-state index is 13.2. The van der Waals surface area contributed by atoms with Crippen LogP contribution in [-0.2, 0) is 10.0 Å². The fraction of sp³-hybridized carbons (Fsp3) is 0.458. The molecule has 1 amide bonds. The monoisotopic (exact) mass is 494 g/mol. The van der Waals surface area contributed by atoms with E-state index in [0.717, 1.165) is 29.1 Å². The highest BCUT2D eigenvalue weighted by atomic mass is 35.5. The molecule has 0 saturated carbocycles.